The number of imidazole rings is 1. The van der Waals surface area contributed by atoms with Gasteiger partial charge in [0.25, 0.3) is 0 Å². The highest BCUT2D eigenvalue weighted by Crippen LogP contribution is 2.23. The first kappa shape index (κ1) is 17.4. The molecule has 0 aliphatic carbocycles. The van der Waals surface area contributed by atoms with Crippen molar-refractivity contribution in [2.24, 2.45) is 0 Å². The minimum absolute atomic E-state index is 0.0459. The molecule has 0 aliphatic heterocycles. The minimum atomic E-state index is -0.0459. The molecule has 2 aromatic carbocycles. The third-order valence-electron chi connectivity index (χ3n) is 4.50. The number of carbonyl (C=O) groups is 1. The van der Waals surface area contributed by atoms with Crippen LogP contribution in [0.25, 0.3) is 16.7 Å². The van der Waals surface area contributed by atoms with Gasteiger partial charge in [-0.05, 0) is 38.1 Å². The Morgan fingerprint density at radius 2 is 1.78 bits per heavy atom. The average Bonchev–Trinajstić information content (AvgIpc) is 3.20. The van der Waals surface area contributed by atoms with E-state index in [9.17, 15) is 4.79 Å². The predicted octanol–water partition coefficient (Wildman–Crippen LogP) is 4.67. The maximum atomic E-state index is 12.4. The number of para-hydroxylation sites is 3. The lowest BCUT2D eigenvalue weighted by Gasteiger charge is -2.09. The van der Waals surface area contributed by atoms with Crippen molar-refractivity contribution >= 4 is 33.4 Å². The van der Waals surface area contributed by atoms with E-state index in [1.165, 1.54) is 11.3 Å². The SMILES string of the molecule is Cc1nc(NC(=O)CCc2nc3ccccc3n2-c2ccccc2)sc1C. The molecular weight excluding hydrogens is 356 g/mol. The van der Waals surface area contributed by atoms with Crippen LogP contribution in [0, 0.1) is 13.8 Å². The van der Waals surface area contributed by atoms with Gasteiger partial charge in [0.15, 0.2) is 5.13 Å². The lowest BCUT2D eigenvalue weighted by molar-refractivity contribution is -0.116. The van der Waals surface area contributed by atoms with Crippen LogP contribution in [-0.2, 0) is 11.2 Å². The molecule has 0 aliphatic rings. The third-order valence-corrected chi connectivity index (χ3v) is 5.48. The molecule has 1 N–H and O–H groups in total. The van der Waals surface area contributed by atoms with Gasteiger partial charge in [0.2, 0.25) is 5.91 Å². The fourth-order valence-corrected chi connectivity index (χ4v) is 3.87. The summed E-state index contributed by atoms with van der Waals surface area (Å²) in [6, 6.07) is 18.2. The normalized spacial score (nSPS) is 11.0. The molecule has 4 aromatic rings. The predicted molar refractivity (Wildman–Crippen MR) is 110 cm³/mol. The Morgan fingerprint density at radius 3 is 2.52 bits per heavy atom. The first-order valence-electron chi connectivity index (χ1n) is 8.87. The zero-order valence-corrected chi connectivity index (χ0v) is 16.1. The van der Waals surface area contributed by atoms with Crippen molar-refractivity contribution in [2.45, 2.75) is 26.7 Å². The molecule has 0 spiro atoms. The van der Waals surface area contributed by atoms with E-state index in [2.05, 4.69) is 33.1 Å². The smallest absolute Gasteiger partial charge is 0.226 e. The average molecular weight is 376 g/mol. The molecule has 2 heterocycles. The Balaban J connectivity index is 1.57. The highest BCUT2D eigenvalue weighted by molar-refractivity contribution is 7.15. The summed E-state index contributed by atoms with van der Waals surface area (Å²) in [5.41, 5.74) is 3.99. The Morgan fingerprint density at radius 1 is 1.04 bits per heavy atom. The molecule has 0 unspecified atom stereocenters. The van der Waals surface area contributed by atoms with Crippen molar-refractivity contribution in [1.29, 1.82) is 0 Å². The second-order valence-electron chi connectivity index (χ2n) is 6.40. The van der Waals surface area contributed by atoms with Gasteiger partial charge in [0.05, 0.1) is 16.7 Å². The van der Waals surface area contributed by atoms with Gasteiger partial charge in [0, 0.05) is 23.4 Å². The van der Waals surface area contributed by atoms with Crippen molar-refractivity contribution in [3.8, 4) is 5.69 Å². The standard InChI is InChI=1S/C21H20N4OS/c1-14-15(2)27-21(22-14)24-20(26)13-12-19-23-17-10-6-7-11-18(17)25(19)16-8-4-3-5-9-16/h3-11H,12-13H2,1-2H3,(H,22,24,26). The van der Waals surface area contributed by atoms with Gasteiger partial charge in [-0.1, -0.05) is 30.3 Å². The van der Waals surface area contributed by atoms with Gasteiger partial charge in [-0.15, -0.1) is 11.3 Å². The number of aromatic nitrogens is 3. The third kappa shape index (κ3) is 3.61. The topological polar surface area (TPSA) is 59.8 Å². The first-order chi connectivity index (χ1) is 13.1. The molecule has 2 aromatic heterocycles. The Bertz CT molecular complexity index is 1080. The van der Waals surface area contributed by atoms with E-state index in [1.54, 1.807) is 0 Å². The number of benzene rings is 2. The second-order valence-corrected chi connectivity index (χ2v) is 7.60. The summed E-state index contributed by atoms with van der Waals surface area (Å²) in [5.74, 6) is 0.833. The van der Waals surface area contributed by atoms with Crippen molar-refractivity contribution in [3.05, 3.63) is 71.0 Å². The number of hydrogen-bond acceptors (Lipinski definition) is 4. The first-order valence-corrected chi connectivity index (χ1v) is 9.69. The van der Waals surface area contributed by atoms with Gasteiger partial charge in [-0.2, -0.15) is 0 Å². The molecule has 0 saturated carbocycles. The van der Waals surface area contributed by atoms with Gasteiger partial charge >= 0.3 is 0 Å². The summed E-state index contributed by atoms with van der Waals surface area (Å²) >= 11 is 1.50. The van der Waals surface area contributed by atoms with E-state index in [0.29, 0.717) is 18.0 Å². The largest absolute Gasteiger partial charge is 0.302 e. The number of fused-ring (bicyclic) bond motifs is 1. The fourth-order valence-electron chi connectivity index (χ4n) is 3.04. The van der Waals surface area contributed by atoms with Crippen LogP contribution in [0.5, 0.6) is 0 Å². The maximum Gasteiger partial charge on any atom is 0.226 e. The number of thiazole rings is 1. The van der Waals surface area contributed by atoms with Gasteiger partial charge in [0.1, 0.15) is 5.82 Å². The highest BCUT2D eigenvalue weighted by Gasteiger charge is 2.14. The van der Waals surface area contributed by atoms with E-state index >= 15 is 0 Å². The summed E-state index contributed by atoms with van der Waals surface area (Å²) in [5, 5.41) is 3.56. The highest BCUT2D eigenvalue weighted by atomic mass is 32.1. The van der Waals surface area contributed by atoms with Crippen LogP contribution < -0.4 is 5.32 Å². The van der Waals surface area contributed by atoms with Crippen LogP contribution in [0.1, 0.15) is 22.8 Å². The van der Waals surface area contributed by atoms with Crippen LogP contribution in [-0.4, -0.2) is 20.4 Å². The summed E-state index contributed by atoms with van der Waals surface area (Å²) in [6.45, 7) is 3.95. The zero-order chi connectivity index (χ0) is 18.8. The Hall–Kier alpha value is -2.99. The van der Waals surface area contributed by atoms with Crippen LogP contribution in [0.4, 0.5) is 5.13 Å². The number of nitrogens with zero attached hydrogens (tertiary/aromatic N) is 3. The van der Waals surface area contributed by atoms with Gasteiger partial charge in [-0.25, -0.2) is 9.97 Å². The maximum absolute atomic E-state index is 12.4. The molecule has 0 radical (unpaired) electrons. The second kappa shape index (κ2) is 7.32. The van der Waals surface area contributed by atoms with Gasteiger partial charge < -0.3 is 5.32 Å². The van der Waals surface area contributed by atoms with Crippen LogP contribution in [0.2, 0.25) is 0 Å². The van der Waals surface area contributed by atoms with Crippen LogP contribution >= 0.6 is 11.3 Å². The van der Waals surface area contributed by atoms with E-state index in [4.69, 9.17) is 4.98 Å². The Labute approximate surface area is 161 Å². The van der Waals surface area contributed by atoms with E-state index < -0.39 is 0 Å². The molecule has 5 nitrogen and oxygen atoms in total. The van der Waals surface area contributed by atoms with E-state index in [0.717, 1.165) is 33.1 Å². The molecule has 0 atom stereocenters. The Kier molecular flexibility index (Phi) is 4.73. The number of carbonyl (C=O) groups excluding carboxylic acids is 1. The minimum Gasteiger partial charge on any atom is -0.302 e. The number of nitrogens with one attached hydrogen (secondary N) is 1. The van der Waals surface area contributed by atoms with E-state index in [1.807, 2.05) is 50.2 Å². The lowest BCUT2D eigenvalue weighted by Crippen LogP contribution is -2.13. The summed E-state index contributed by atoms with van der Waals surface area (Å²) in [6.07, 6.45) is 0.909. The molecule has 1 amide bonds. The monoisotopic (exact) mass is 376 g/mol. The van der Waals surface area contributed by atoms with Crippen molar-refractivity contribution in [2.75, 3.05) is 5.32 Å². The number of aryl methyl sites for hydroxylation is 3. The molecule has 136 valence electrons. The number of amides is 1. The number of hydrogen-bond donors (Lipinski definition) is 1. The molecule has 0 saturated heterocycles. The molecular formula is C21H20N4OS. The van der Waals surface area contributed by atoms with Gasteiger partial charge in [-0.3, -0.25) is 9.36 Å². The fraction of sp³-hybridized carbons (Fsp3) is 0.190. The molecule has 0 fully saturated rings. The van der Waals surface area contributed by atoms with Crippen LogP contribution in [0.15, 0.2) is 54.6 Å². The summed E-state index contributed by atoms with van der Waals surface area (Å²) < 4.78 is 2.13. The molecule has 0 bridgehead atoms. The molecule has 6 heteroatoms. The number of anilines is 1. The van der Waals surface area contributed by atoms with Crippen LogP contribution in [0.3, 0.4) is 0 Å². The van der Waals surface area contributed by atoms with E-state index in [-0.39, 0.29) is 5.91 Å². The summed E-state index contributed by atoms with van der Waals surface area (Å²) in [7, 11) is 0. The molecule has 27 heavy (non-hydrogen) atoms. The van der Waals surface area contributed by atoms with Crippen molar-refractivity contribution in [3.63, 3.8) is 0 Å². The number of rotatable bonds is 5. The molecule has 4 rings (SSSR count). The summed E-state index contributed by atoms with van der Waals surface area (Å²) in [4.78, 5) is 22.6. The zero-order valence-electron chi connectivity index (χ0n) is 15.3. The van der Waals surface area contributed by atoms with Crippen molar-refractivity contribution < 1.29 is 4.79 Å². The lowest BCUT2D eigenvalue weighted by atomic mass is 10.2. The quantitative estimate of drug-likeness (QED) is 0.551. The van der Waals surface area contributed by atoms with Crippen molar-refractivity contribution in [1.82, 2.24) is 14.5 Å².